The number of nitrogens with zero attached hydrogens (tertiary/aromatic N) is 2. The van der Waals surface area contributed by atoms with Gasteiger partial charge in [0, 0.05) is 30.8 Å². The van der Waals surface area contributed by atoms with Crippen LogP contribution in [0.25, 0.3) is 0 Å². The van der Waals surface area contributed by atoms with Crippen LogP contribution in [-0.2, 0) is 11.3 Å². The molecule has 1 fully saturated rings. The van der Waals surface area contributed by atoms with Crippen LogP contribution in [0, 0.1) is 0 Å². The topological polar surface area (TPSA) is 55.8 Å². The van der Waals surface area contributed by atoms with Crippen molar-refractivity contribution in [2.24, 2.45) is 0 Å². The van der Waals surface area contributed by atoms with Gasteiger partial charge in [-0.3, -0.25) is 9.69 Å². The molecule has 1 aromatic carbocycles. The molecule has 1 aliphatic heterocycles. The van der Waals surface area contributed by atoms with Gasteiger partial charge in [0.25, 0.3) is 0 Å². The quantitative estimate of drug-likeness (QED) is 0.747. The third kappa shape index (κ3) is 6.06. The molecule has 24 heavy (non-hydrogen) atoms. The molecule has 1 saturated heterocycles. The first kappa shape index (κ1) is 19.2. The molecule has 0 spiro atoms. The fourth-order valence-electron chi connectivity index (χ4n) is 3.05. The van der Waals surface area contributed by atoms with Crippen LogP contribution in [0.15, 0.2) is 24.3 Å². The van der Waals surface area contributed by atoms with Gasteiger partial charge in [-0.15, -0.1) is 0 Å². The molecule has 0 aliphatic carbocycles. The van der Waals surface area contributed by atoms with Crippen LogP contribution in [0.5, 0.6) is 0 Å². The summed E-state index contributed by atoms with van der Waals surface area (Å²) in [5, 5.41) is 13.2. The first-order chi connectivity index (χ1) is 11.6. The lowest BCUT2D eigenvalue weighted by Gasteiger charge is -2.33. The van der Waals surface area contributed by atoms with E-state index in [-0.39, 0.29) is 12.5 Å². The number of carbonyl (C=O) groups is 1. The lowest BCUT2D eigenvalue weighted by atomic mass is 10.1. The smallest absolute Gasteiger partial charge is 0.237 e. The normalized spacial score (nSPS) is 15.7. The fraction of sp³-hybridized carbons (Fsp3) is 0.611. The van der Waals surface area contributed by atoms with Gasteiger partial charge in [0.2, 0.25) is 5.91 Å². The maximum Gasteiger partial charge on any atom is 0.237 e. The number of carbonyl (C=O) groups excluding carboxylic acids is 1. The van der Waals surface area contributed by atoms with Crippen LogP contribution in [0.1, 0.15) is 24.8 Å². The van der Waals surface area contributed by atoms with Crippen molar-refractivity contribution >= 4 is 17.5 Å². The van der Waals surface area contributed by atoms with E-state index in [2.05, 4.69) is 10.2 Å². The Balaban J connectivity index is 1.94. The third-order valence-electron chi connectivity index (χ3n) is 4.54. The van der Waals surface area contributed by atoms with Crippen LogP contribution in [0.4, 0.5) is 0 Å². The highest BCUT2D eigenvalue weighted by molar-refractivity contribution is 6.30. The van der Waals surface area contributed by atoms with E-state index in [1.54, 1.807) is 0 Å². The number of benzene rings is 1. The summed E-state index contributed by atoms with van der Waals surface area (Å²) in [6, 6.07) is 8.03. The Kier molecular flexibility index (Phi) is 7.99. The van der Waals surface area contributed by atoms with E-state index in [9.17, 15) is 4.79 Å². The molecule has 0 radical (unpaired) electrons. The summed E-state index contributed by atoms with van der Waals surface area (Å²) in [6.07, 6.45) is 2.76. The molecule has 5 nitrogen and oxygen atoms in total. The molecule has 0 unspecified atom stereocenters. The van der Waals surface area contributed by atoms with E-state index < -0.39 is 0 Å². The molecule has 0 aromatic heterocycles. The van der Waals surface area contributed by atoms with Crippen LogP contribution < -0.4 is 5.32 Å². The van der Waals surface area contributed by atoms with Crippen molar-refractivity contribution in [3.8, 4) is 0 Å². The second-order valence-electron chi connectivity index (χ2n) is 6.42. The summed E-state index contributed by atoms with van der Waals surface area (Å²) in [6.45, 7) is 3.66. The van der Waals surface area contributed by atoms with Crippen molar-refractivity contribution in [1.29, 1.82) is 0 Å². The van der Waals surface area contributed by atoms with Crippen molar-refractivity contribution in [3.63, 3.8) is 0 Å². The fourth-order valence-corrected chi connectivity index (χ4v) is 3.18. The predicted octanol–water partition coefficient (Wildman–Crippen LogP) is 1.73. The van der Waals surface area contributed by atoms with Gasteiger partial charge in [-0.25, -0.2) is 0 Å². The Morgan fingerprint density at radius 3 is 2.58 bits per heavy atom. The van der Waals surface area contributed by atoms with Gasteiger partial charge in [-0.05, 0) is 57.1 Å². The van der Waals surface area contributed by atoms with Crippen LogP contribution in [-0.4, -0.2) is 66.7 Å². The van der Waals surface area contributed by atoms with Gasteiger partial charge in [-0.1, -0.05) is 23.7 Å². The standard InChI is InChI=1S/C18H28ClN3O2/c1-21(17-7-9-20-10-8-17)14-18(24)22(11-2-12-23)13-15-3-5-16(19)6-4-15/h3-6,17,20,23H,2,7-14H2,1H3. The van der Waals surface area contributed by atoms with E-state index >= 15 is 0 Å². The number of hydrogen-bond donors (Lipinski definition) is 2. The molecule has 1 amide bonds. The Morgan fingerprint density at radius 1 is 1.29 bits per heavy atom. The molecule has 0 bridgehead atoms. The summed E-state index contributed by atoms with van der Waals surface area (Å²) < 4.78 is 0. The molecule has 0 saturated carbocycles. The first-order valence-corrected chi connectivity index (χ1v) is 9.02. The van der Waals surface area contributed by atoms with Crippen LogP contribution in [0.2, 0.25) is 5.02 Å². The van der Waals surface area contributed by atoms with Crippen molar-refractivity contribution in [1.82, 2.24) is 15.1 Å². The number of amides is 1. The summed E-state index contributed by atoms with van der Waals surface area (Å²) >= 11 is 5.92. The SMILES string of the molecule is CN(CC(=O)N(CCCO)Cc1ccc(Cl)cc1)C1CCNCC1. The Bertz CT molecular complexity index is 503. The summed E-state index contributed by atoms with van der Waals surface area (Å²) in [5.74, 6) is 0.111. The largest absolute Gasteiger partial charge is 0.396 e. The second kappa shape index (κ2) is 9.99. The van der Waals surface area contributed by atoms with E-state index in [0.29, 0.717) is 37.1 Å². The van der Waals surface area contributed by atoms with E-state index in [1.165, 1.54) is 0 Å². The molecule has 134 valence electrons. The molecule has 1 aliphatic rings. The maximum atomic E-state index is 12.7. The van der Waals surface area contributed by atoms with Gasteiger partial charge < -0.3 is 15.3 Å². The van der Waals surface area contributed by atoms with Crippen molar-refractivity contribution in [2.45, 2.75) is 31.8 Å². The summed E-state index contributed by atoms with van der Waals surface area (Å²) in [7, 11) is 2.03. The van der Waals surface area contributed by atoms with E-state index in [1.807, 2.05) is 36.2 Å². The van der Waals surface area contributed by atoms with Crippen LogP contribution in [0.3, 0.4) is 0 Å². The van der Waals surface area contributed by atoms with E-state index in [0.717, 1.165) is 31.5 Å². The molecular formula is C18H28ClN3O2. The highest BCUT2D eigenvalue weighted by Gasteiger charge is 2.22. The molecule has 0 atom stereocenters. The first-order valence-electron chi connectivity index (χ1n) is 8.64. The monoisotopic (exact) mass is 353 g/mol. The Hall–Kier alpha value is -1.14. The van der Waals surface area contributed by atoms with Crippen LogP contribution >= 0.6 is 11.6 Å². The minimum atomic E-state index is 0.0918. The van der Waals surface area contributed by atoms with Crippen molar-refractivity contribution in [2.75, 3.05) is 39.8 Å². The molecule has 2 N–H and O–H groups in total. The second-order valence-corrected chi connectivity index (χ2v) is 6.85. The maximum absolute atomic E-state index is 12.7. The summed E-state index contributed by atoms with van der Waals surface area (Å²) in [5.41, 5.74) is 1.05. The molecule has 1 heterocycles. The number of likely N-dealkylation sites (N-methyl/N-ethyl adjacent to an activating group) is 1. The minimum Gasteiger partial charge on any atom is -0.396 e. The molecule has 1 aromatic rings. The number of aliphatic hydroxyl groups is 1. The lowest BCUT2D eigenvalue weighted by Crippen LogP contribution is -2.46. The predicted molar refractivity (Wildman–Crippen MR) is 97.1 cm³/mol. The Labute approximate surface area is 149 Å². The minimum absolute atomic E-state index is 0.0918. The average Bonchev–Trinajstić information content (AvgIpc) is 2.60. The number of hydrogen-bond acceptors (Lipinski definition) is 4. The van der Waals surface area contributed by atoms with Crippen molar-refractivity contribution in [3.05, 3.63) is 34.9 Å². The number of piperidine rings is 1. The highest BCUT2D eigenvalue weighted by Crippen LogP contribution is 2.14. The molecule has 2 rings (SSSR count). The van der Waals surface area contributed by atoms with Crippen molar-refractivity contribution < 1.29 is 9.90 Å². The van der Waals surface area contributed by atoms with Gasteiger partial charge >= 0.3 is 0 Å². The van der Waals surface area contributed by atoms with E-state index in [4.69, 9.17) is 16.7 Å². The van der Waals surface area contributed by atoms with Gasteiger partial charge in [0.1, 0.15) is 0 Å². The van der Waals surface area contributed by atoms with Gasteiger partial charge in [-0.2, -0.15) is 0 Å². The highest BCUT2D eigenvalue weighted by atomic mass is 35.5. The van der Waals surface area contributed by atoms with Gasteiger partial charge in [0.15, 0.2) is 0 Å². The molecule has 6 heteroatoms. The third-order valence-corrected chi connectivity index (χ3v) is 4.79. The average molecular weight is 354 g/mol. The number of aliphatic hydroxyl groups excluding tert-OH is 1. The number of nitrogens with one attached hydrogen (secondary N) is 1. The number of rotatable bonds is 8. The Morgan fingerprint density at radius 2 is 1.96 bits per heavy atom. The van der Waals surface area contributed by atoms with Gasteiger partial charge in [0.05, 0.1) is 6.54 Å². The number of halogens is 1. The molecular weight excluding hydrogens is 326 g/mol. The zero-order valence-corrected chi connectivity index (χ0v) is 15.1. The lowest BCUT2D eigenvalue weighted by molar-refractivity contribution is -0.133. The zero-order chi connectivity index (χ0) is 17.4. The zero-order valence-electron chi connectivity index (χ0n) is 14.4. The summed E-state index contributed by atoms with van der Waals surface area (Å²) in [4.78, 5) is 16.7.